The summed E-state index contributed by atoms with van der Waals surface area (Å²) in [6.07, 6.45) is 4.31. The topological polar surface area (TPSA) is 88.4 Å². The number of carboxylic acid groups (broad SMARTS) is 1. The van der Waals surface area contributed by atoms with Crippen LogP contribution in [0.3, 0.4) is 0 Å². The summed E-state index contributed by atoms with van der Waals surface area (Å²) in [5.41, 5.74) is 0.0235. The maximum Gasteiger partial charge on any atom is 0.308 e. The number of aromatic nitrogens is 1. The van der Waals surface area contributed by atoms with Crippen molar-refractivity contribution in [3.05, 3.63) is 34.2 Å². The third-order valence-corrected chi connectivity index (χ3v) is 4.87. The molecular weight excluding hydrogens is 272 g/mol. The maximum absolute atomic E-state index is 12.3. The lowest BCUT2D eigenvalue weighted by molar-refractivity contribution is -0.144. The quantitative estimate of drug-likeness (QED) is 0.854. The minimum absolute atomic E-state index is 0.168. The first-order valence-corrected chi connectivity index (χ1v) is 7.17. The summed E-state index contributed by atoms with van der Waals surface area (Å²) < 4.78 is 1.38. The minimum atomic E-state index is -0.837. The number of hydrogen-bond donors (Lipinski definition) is 2. The number of carboxylic acids is 1. The molecule has 4 atom stereocenters. The molecule has 2 saturated carbocycles. The Hall–Kier alpha value is -2.11. The van der Waals surface area contributed by atoms with Gasteiger partial charge in [-0.2, -0.15) is 0 Å². The van der Waals surface area contributed by atoms with E-state index in [1.165, 1.54) is 16.8 Å². The Labute approximate surface area is 121 Å². The van der Waals surface area contributed by atoms with Crippen molar-refractivity contribution in [2.45, 2.75) is 25.3 Å². The van der Waals surface area contributed by atoms with Gasteiger partial charge in [0.2, 0.25) is 0 Å². The highest BCUT2D eigenvalue weighted by Crippen LogP contribution is 2.48. The summed E-state index contributed by atoms with van der Waals surface area (Å²) >= 11 is 0. The minimum Gasteiger partial charge on any atom is -0.481 e. The molecule has 21 heavy (non-hydrogen) atoms. The second-order valence-electron chi connectivity index (χ2n) is 6.06. The van der Waals surface area contributed by atoms with Crippen molar-refractivity contribution in [1.82, 2.24) is 9.88 Å². The Morgan fingerprint density at radius 3 is 2.71 bits per heavy atom. The fraction of sp³-hybridized carbons (Fsp3) is 0.533. The number of amides is 1. The van der Waals surface area contributed by atoms with E-state index in [1.807, 2.05) is 0 Å². The standard InChI is InChI=1S/C15H18N2O4/c1-17-5-4-10(7-11(17)18)14(19)16-13-9-3-2-8(6-9)12(13)15(20)21/h4-5,7-9,12-13H,2-3,6H2,1H3,(H,16,19)(H,20,21). The van der Waals surface area contributed by atoms with Gasteiger partial charge in [0.15, 0.2) is 0 Å². The lowest BCUT2D eigenvalue weighted by atomic mass is 9.84. The number of carbonyl (C=O) groups is 2. The molecule has 0 aromatic carbocycles. The molecule has 1 amide bonds. The van der Waals surface area contributed by atoms with Gasteiger partial charge in [-0.1, -0.05) is 0 Å². The summed E-state index contributed by atoms with van der Waals surface area (Å²) in [6, 6.07) is 2.52. The molecule has 0 aliphatic heterocycles. The fourth-order valence-electron chi connectivity index (χ4n) is 3.78. The van der Waals surface area contributed by atoms with Crippen LogP contribution in [0.25, 0.3) is 0 Å². The van der Waals surface area contributed by atoms with Gasteiger partial charge in [-0.05, 0) is 37.2 Å². The molecular formula is C15H18N2O4. The summed E-state index contributed by atoms with van der Waals surface area (Å²) in [6.45, 7) is 0. The first-order chi connectivity index (χ1) is 9.97. The van der Waals surface area contributed by atoms with Crippen LogP contribution in [0.5, 0.6) is 0 Å². The summed E-state index contributed by atoms with van der Waals surface area (Å²) in [7, 11) is 1.61. The van der Waals surface area contributed by atoms with E-state index >= 15 is 0 Å². The normalized spacial score (nSPS) is 30.3. The van der Waals surface area contributed by atoms with Gasteiger partial charge in [0.25, 0.3) is 11.5 Å². The Morgan fingerprint density at radius 2 is 2.05 bits per heavy atom. The zero-order valence-electron chi connectivity index (χ0n) is 11.8. The third-order valence-electron chi connectivity index (χ3n) is 4.87. The van der Waals surface area contributed by atoms with Crippen LogP contribution in [-0.2, 0) is 11.8 Å². The first-order valence-electron chi connectivity index (χ1n) is 7.17. The van der Waals surface area contributed by atoms with Gasteiger partial charge in [-0.25, -0.2) is 0 Å². The molecule has 0 saturated heterocycles. The van der Waals surface area contributed by atoms with Crippen LogP contribution in [-0.4, -0.2) is 27.6 Å². The molecule has 0 spiro atoms. The number of pyridine rings is 1. The second-order valence-corrected chi connectivity index (χ2v) is 6.06. The monoisotopic (exact) mass is 290 g/mol. The predicted molar refractivity (Wildman–Crippen MR) is 74.9 cm³/mol. The molecule has 2 aliphatic carbocycles. The Balaban J connectivity index is 1.79. The third kappa shape index (κ3) is 2.34. The van der Waals surface area contributed by atoms with Crippen LogP contribution in [0.15, 0.2) is 23.1 Å². The molecule has 1 aromatic heterocycles. The van der Waals surface area contributed by atoms with E-state index in [2.05, 4.69) is 5.32 Å². The van der Waals surface area contributed by atoms with E-state index in [9.17, 15) is 19.5 Å². The van der Waals surface area contributed by atoms with Crippen molar-refractivity contribution in [1.29, 1.82) is 0 Å². The molecule has 2 bridgehead atoms. The molecule has 2 N–H and O–H groups in total. The van der Waals surface area contributed by atoms with Crippen molar-refractivity contribution in [3.8, 4) is 0 Å². The summed E-state index contributed by atoms with van der Waals surface area (Å²) in [5.74, 6) is -1.29. The molecule has 0 radical (unpaired) electrons. The number of carbonyl (C=O) groups excluding carboxylic acids is 1. The van der Waals surface area contributed by atoms with Gasteiger partial charge in [0, 0.05) is 30.9 Å². The molecule has 112 valence electrons. The molecule has 2 aliphatic rings. The van der Waals surface area contributed by atoms with Crippen LogP contribution in [0.2, 0.25) is 0 Å². The highest BCUT2D eigenvalue weighted by atomic mass is 16.4. The van der Waals surface area contributed by atoms with Crippen LogP contribution in [0.4, 0.5) is 0 Å². The maximum atomic E-state index is 12.3. The zero-order valence-corrected chi connectivity index (χ0v) is 11.8. The van der Waals surface area contributed by atoms with Gasteiger partial charge in [-0.3, -0.25) is 14.4 Å². The Morgan fingerprint density at radius 1 is 1.33 bits per heavy atom. The van der Waals surface area contributed by atoms with Crippen LogP contribution in [0.1, 0.15) is 29.6 Å². The number of nitrogens with one attached hydrogen (secondary N) is 1. The first kappa shape index (κ1) is 13.9. The lowest BCUT2D eigenvalue weighted by Gasteiger charge is -2.28. The van der Waals surface area contributed by atoms with Crippen molar-refractivity contribution in [2.24, 2.45) is 24.8 Å². The van der Waals surface area contributed by atoms with Gasteiger partial charge in [0.1, 0.15) is 0 Å². The van der Waals surface area contributed by atoms with Crippen molar-refractivity contribution in [2.75, 3.05) is 0 Å². The Kier molecular flexibility index (Phi) is 3.31. The molecule has 1 heterocycles. The van der Waals surface area contributed by atoms with Gasteiger partial charge >= 0.3 is 5.97 Å². The molecule has 4 unspecified atom stereocenters. The number of aryl methyl sites for hydroxylation is 1. The number of hydrogen-bond acceptors (Lipinski definition) is 3. The number of fused-ring (bicyclic) bond motifs is 2. The van der Waals surface area contributed by atoms with Crippen LogP contribution in [0, 0.1) is 17.8 Å². The molecule has 1 aromatic rings. The van der Waals surface area contributed by atoms with E-state index in [4.69, 9.17) is 0 Å². The van der Waals surface area contributed by atoms with E-state index in [0.717, 1.165) is 19.3 Å². The Bertz CT molecular complexity index is 651. The summed E-state index contributed by atoms with van der Waals surface area (Å²) in [5, 5.41) is 12.2. The van der Waals surface area contributed by atoms with E-state index < -0.39 is 11.9 Å². The molecule has 6 heteroatoms. The van der Waals surface area contributed by atoms with Gasteiger partial charge in [0.05, 0.1) is 5.92 Å². The van der Waals surface area contributed by atoms with Crippen molar-refractivity contribution < 1.29 is 14.7 Å². The van der Waals surface area contributed by atoms with Crippen molar-refractivity contribution >= 4 is 11.9 Å². The smallest absolute Gasteiger partial charge is 0.308 e. The van der Waals surface area contributed by atoms with Gasteiger partial charge in [-0.15, -0.1) is 0 Å². The average Bonchev–Trinajstić information content (AvgIpc) is 3.02. The highest BCUT2D eigenvalue weighted by Gasteiger charge is 2.51. The van der Waals surface area contributed by atoms with E-state index in [0.29, 0.717) is 0 Å². The highest BCUT2D eigenvalue weighted by molar-refractivity contribution is 5.94. The average molecular weight is 290 g/mol. The molecule has 6 nitrogen and oxygen atoms in total. The van der Waals surface area contributed by atoms with Crippen LogP contribution >= 0.6 is 0 Å². The number of aliphatic carboxylic acids is 1. The van der Waals surface area contributed by atoms with Gasteiger partial charge < -0.3 is 15.0 Å². The fourth-order valence-corrected chi connectivity index (χ4v) is 3.78. The number of rotatable bonds is 3. The lowest BCUT2D eigenvalue weighted by Crippen LogP contribution is -2.47. The number of nitrogens with zero attached hydrogens (tertiary/aromatic N) is 1. The predicted octanol–water partition coefficient (Wildman–Crippen LogP) is 0.614. The van der Waals surface area contributed by atoms with E-state index in [-0.39, 0.29) is 34.9 Å². The molecule has 3 rings (SSSR count). The SMILES string of the molecule is Cn1ccc(C(=O)NC2C3CCC(C3)C2C(=O)O)cc1=O. The largest absolute Gasteiger partial charge is 0.481 e. The van der Waals surface area contributed by atoms with Crippen LogP contribution < -0.4 is 10.9 Å². The zero-order chi connectivity index (χ0) is 15.1. The summed E-state index contributed by atoms with van der Waals surface area (Å²) in [4.78, 5) is 35.2. The van der Waals surface area contributed by atoms with E-state index in [1.54, 1.807) is 13.1 Å². The second kappa shape index (κ2) is 5.02. The molecule has 2 fully saturated rings. The van der Waals surface area contributed by atoms with Crippen molar-refractivity contribution in [3.63, 3.8) is 0 Å².